The van der Waals surface area contributed by atoms with Gasteiger partial charge in [-0.3, -0.25) is 0 Å². The first-order chi connectivity index (χ1) is 15.5. The van der Waals surface area contributed by atoms with Crippen LogP contribution in [0.4, 0.5) is 0 Å². The zero-order chi connectivity index (χ0) is 26.4. The number of rotatable bonds is 1. The number of benzene rings is 2. The molecular weight excluding hydrogens is 527 g/mol. The molecule has 0 spiro atoms. The monoisotopic (exact) mass is 570 g/mol. The fraction of sp³-hybridized carbons (Fsp3) is 0.433. The van der Waals surface area contributed by atoms with Crippen molar-refractivity contribution >= 4 is 29.1 Å². The molecule has 0 atom stereocenters. The molecule has 0 aliphatic heterocycles. The van der Waals surface area contributed by atoms with Gasteiger partial charge in [-0.25, -0.2) is 0 Å². The summed E-state index contributed by atoms with van der Waals surface area (Å²) in [6.45, 7) is 22.7. The molecule has 3 nitrogen and oxygen atoms in total. The minimum atomic E-state index is 0. The molecule has 3 aromatic rings. The van der Waals surface area contributed by atoms with E-state index >= 15 is 0 Å². The molecule has 0 aliphatic carbocycles. The van der Waals surface area contributed by atoms with Crippen LogP contribution in [0.3, 0.4) is 0 Å². The maximum Gasteiger partial charge on any atom is -0.147 e. The minimum Gasteiger partial charge on any atom is -0.147 e. The van der Waals surface area contributed by atoms with Crippen LogP contribution in [0.1, 0.15) is 86.4 Å². The Balaban J connectivity index is 0. The molecule has 3 rings (SSSR count). The van der Waals surface area contributed by atoms with Crippen molar-refractivity contribution in [3.8, 4) is 11.5 Å². The van der Waals surface area contributed by atoms with E-state index in [1.807, 2.05) is 71.9 Å². The van der Waals surface area contributed by atoms with Crippen molar-refractivity contribution in [1.82, 2.24) is 0 Å². The Hall–Kier alpha value is -1.52. The summed E-state index contributed by atoms with van der Waals surface area (Å²) >= 11 is 2.03. The molecule has 6 heteroatoms. The molecule has 1 aromatic heterocycles. The number of phenolic OH excluding ortho intramolecular Hbond substituents is 2. The first-order valence-corrected chi connectivity index (χ1v) is 12.6. The topological polar surface area (TPSA) is 53.6 Å². The molecule has 0 amide bonds. The first kappa shape index (κ1) is 36.6. The van der Waals surface area contributed by atoms with Crippen LogP contribution in [-0.2, 0) is 30.8 Å². The second-order valence-corrected chi connectivity index (χ2v) is 11.4. The molecule has 0 unspecified atom stereocenters. The van der Waals surface area contributed by atoms with Crippen molar-refractivity contribution in [2.75, 3.05) is 0 Å². The van der Waals surface area contributed by atoms with E-state index in [1.54, 1.807) is 12.1 Å². The Kier molecular flexibility index (Phi) is 15.3. The van der Waals surface area contributed by atoms with E-state index in [4.69, 9.17) is 4.42 Å². The van der Waals surface area contributed by atoms with Crippen molar-refractivity contribution in [2.45, 2.75) is 87.0 Å². The van der Waals surface area contributed by atoms with Crippen LogP contribution >= 0.6 is 24.8 Å². The van der Waals surface area contributed by atoms with Gasteiger partial charge in [0.2, 0.25) is 0 Å². The van der Waals surface area contributed by atoms with Gasteiger partial charge in [-0.2, -0.15) is 0 Å². The molecule has 0 radical (unpaired) electrons. The van der Waals surface area contributed by atoms with Gasteiger partial charge in [0.1, 0.15) is 11.5 Å². The van der Waals surface area contributed by atoms with E-state index in [0.717, 1.165) is 22.6 Å². The van der Waals surface area contributed by atoms with E-state index in [9.17, 15) is 10.2 Å². The van der Waals surface area contributed by atoms with E-state index in [2.05, 4.69) is 52.8 Å². The summed E-state index contributed by atoms with van der Waals surface area (Å²) in [5.74, 6) is 2.85. The third-order valence-electron chi connectivity index (χ3n) is 5.68. The maximum absolute atomic E-state index is 9.57. The van der Waals surface area contributed by atoms with E-state index in [-0.39, 0.29) is 35.6 Å². The summed E-state index contributed by atoms with van der Waals surface area (Å²) in [6.07, 6.45) is 0. The zero-order valence-electron chi connectivity index (χ0n) is 23.7. The molecule has 0 aliphatic rings. The Labute approximate surface area is 242 Å². The fourth-order valence-electron chi connectivity index (χ4n) is 3.53. The SMILES string of the molecule is Cc1ccc(O)c(C(C)(C)C)c1.Cc1ccc(O)c(C(C)(C)C)c1.Cc1oc(C)c([CH]=[Ti])c1C.Cl.Cl. The summed E-state index contributed by atoms with van der Waals surface area (Å²) in [6, 6.07) is 11.4. The smallest absolute Gasteiger partial charge is 0.147 e. The molecule has 0 bridgehead atoms. The van der Waals surface area contributed by atoms with Crippen LogP contribution in [-0.4, -0.2) is 14.5 Å². The van der Waals surface area contributed by atoms with Crippen molar-refractivity contribution in [3.63, 3.8) is 0 Å². The van der Waals surface area contributed by atoms with Crippen molar-refractivity contribution in [2.24, 2.45) is 0 Å². The summed E-state index contributed by atoms with van der Waals surface area (Å²) in [4.78, 5) is 0. The normalized spacial score (nSPS) is 10.5. The van der Waals surface area contributed by atoms with Crippen molar-refractivity contribution in [3.05, 3.63) is 81.3 Å². The number of phenols is 2. The van der Waals surface area contributed by atoms with Gasteiger partial charge >= 0.3 is 72.1 Å². The summed E-state index contributed by atoms with van der Waals surface area (Å²) in [5.41, 5.74) is 6.98. The van der Waals surface area contributed by atoms with Crippen LogP contribution in [0.25, 0.3) is 0 Å². The number of hydrogen-bond acceptors (Lipinski definition) is 3. The second-order valence-electron chi connectivity index (χ2n) is 10.9. The van der Waals surface area contributed by atoms with Gasteiger partial charge in [0.15, 0.2) is 0 Å². The van der Waals surface area contributed by atoms with Crippen molar-refractivity contribution in [1.29, 1.82) is 0 Å². The summed E-state index contributed by atoms with van der Waals surface area (Å²) < 4.78 is 7.49. The van der Waals surface area contributed by atoms with Gasteiger partial charge < -0.3 is 10.2 Å². The third kappa shape index (κ3) is 10.8. The predicted molar refractivity (Wildman–Crippen MR) is 156 cm³/mol. The Morgan fingerprint density at radius 2 is 1.03 bits per heavy atom. The van der Waals surface area contributed by atoms with Gasteiger partial charge in [0.05, 0.1) is 0 Å². The van der Waals surface area contributed by atoms with Gasteiger partial charge in [0, 0.05) is 0 Å². The first-order valence-electron chi connectivity index (χ1n) is 11.7. The number of furan rings is 1. The number of halogens is 2. The van der Waals surface area contributed by atoms with Gasteiger partial charge in [-0.1, -0.05) is 76.9 Å². The number of aromatic hydroxyl groups is 2. The fourth-order valence-corrected chi connectivity index (χ4v) is 4.18. The zero-order valence-corrected chi connectivity index (χ0v) is 26.9. The second kappa shape index (κ2) is 15.0. The minimum absolute atomic E-state index is 0. The average Bonchev–Trinajstić information content (AvgIpc) is 2.96. The maximum atomic E-state index is 9.57. The number of hydrogen-bond donors (Lipinski definition) is 2. The molecule has 36 heavy (non-hydrogen) atoms. The molecule has 200 valence electrons. The predicted octanol–water partition coefficient (Wildman–Crippen LogP) is 8.74. The van der Waals surface area contributed by atoms with E-state index in [0.29, 0.717) is 11.5 Å². The Morgan fingerprint density at radius 1 is 0.667 bits per heavy atom. The third-order valence-corrected chi connectivity index (χ3v) is 6.13. The van der Waals surface area contributed by atoms with Crippen LogP contribution in [0.15, 0.2) is 40.8 Å². The van der Waals surface area contributed by atoms with E-state index < -0.39 is 0 Å². The largest absolute Gasteiger partial charge is 0.147 e. The molecule has 0 saturated heterocycles. The van der Waals surface area contributed by atoms with Crippen LogP contribution in [0, 0.1) is 34.6 Å². The molecule has 2 aromatic carbocycles. The molecule has 1 heterocycles. The summed E-state index contributed by atoms with van der Waals surface area (Å²) in [5, 5.41) is 19.1. The van der Waals surface area contributed by atoms with Crippen LogP contribution in [0.5, 0.6) is 11.5 Å². The molecular formula is C30H44Cl2O3Ti. The average molecular weight is 571 g/mol. The Morgan fingerprint density at radius 3 is 1.22 bits per heavy atom. The molecule has 0 saturated carbocycles. The van der Waals surface area contributed by atoms with Gasteiger partial charge in [-0.15, -0.1) is 24.8 Å². The number of aryl methyl sites for hydroxylation is 4. The summed E-state index contributed by atoms with van der Waals surface area (Å²) in [7, 11) is 0. The van der Waals surface area contributed by atoms with E-state index in [1.165, 1.54) is 22.3 Å². The standard InChI is InChI=1S/2C11H16O.C8H10O.2ClH.Ti/c2*1-8-5-6-10(12)9(7-8)11(2,3)4;1-5-6(2)8(4)9-7(5)3;;;/h2*5-7,12H,1-4H3;1H,2-4H3;2*1H;. The van der Waals surface area contributed by atoms with Gasteiger partial charge in [0.25, 0.3) is 0 Å². The van der Waals surface area contributed by atoms with Crippen LogP contribution < -0.4 is 0 Å². The van der Waals surface area contributed by atoms with Crippen LogP contribution in [0.2, 0.25) is 0 Å². The quantitative estimate of drug-likeness (QED) is 0.287. The molecule has 0 fully saturated rings. The Bertz CT molecular complexity index is 1060. The molecule has 2 N–H and O–H groups in total. The van der Waals surface area contributed by atoms with Crippen molar-refractivity contribution < 1.29 is 34.6 Å². The van der Waals surface area contributed by atoms with Gasteiger partial charge in [-0.05, 0) is 47.9 Å².